The molecular formula is C14H12N4O5S. The number of esters is 1. The van der Waals surface area contributed by atoms with Gasteiger partial charge >= 0.3 is 5.97 Å². The summed E-state index contributed by atoms with van der Waals surface area (Å²) < 4.78 is 12.1. The van der Waals surface area contributed by atoms with Crippen LogP contribution in [0.2, 0.25) is 0 Å². The lowest BCUT2D eigenvalue weighted by molar-refractivity contribution is -0.384. The molecule has 0 aromatic carbocycles. The second-order valence-corrected chi connectivity index (χ2v) is 5.87. The van der Waals surface area contributed by atoms with E-state index in [4.69, 9.17) is 9.15 Å². The third-order valence-electron chi connectivity index (χ3n) is 3.21. The van der Waals surface area contributed by atoms with Crippen molar-refractivity contribution in [3.63, 3.8) is 0 Å². The zero-order chi connectivity index (χ0) is 17.3. The van der Waals surface area contributed by atoms with Crippen molar-refractivity contribution in [2.75, 3.05) is 0 Å². The monoisotopic (exact) mass is 348 g/mol. The minimum atomic E-state index is -0.785. The third kappa shape index (κ3) is 3.04. The number of aryl methyl sites for hydroxylation is 1. The second-order valence-electron chi connectivity index (χ2n) is 4.92. The Morgan fingerprint density at radius 3 is 2.92 bits per heavy atom. The quantitative estimate of drug-likeness (QED) is 0.395. The van der Waals surface area contributed by atoms with E-state index in [-0.39, 0.29) is 17.3 Å². The van der Waals surface area contributed by atoms with Crippen LogP contribution in [0.1, 0.15) is 29.4 Å². The minimum absolute atomic E-state index is 0.0616. The van der Waals surface area contributed by atoms with Gasteiger partial charge in [-0.1, -0.05) is 6.07 Å². The first-order valence-electron chi connectivity index (χ1n) is 6.84. The summed E-state index contributed by atoms with van der Waals surface area (Å²) in [5, 5.41) is 20.4. The van der Waals surface area contributed by atoms with Crippen LogP contribution in [-0.4, -0.2) is 25.7 Å². The van der Waals surface area contributed by atoms with Crippen LogP contribution in [0.3, 0.4) is 0 Å². The van der Waals surface area contributed by atoms with Crippen molar-refractivity contribution in [2.24, 2.45) is 7.05 Å². The van der Waals surface area contributed by atoms with Crippen molar-refractivity contribution in [1.29, 1.82) is 0 Å². The Balaban J connectivity index is 1.74. The summed E-state index contributed by atoms with van der Waals surface area (Å²) >= 11 is 1.45. The molecule has 0 bridgehead atoms. The van der Waals surface area contributed by atoms with Crippen LogP contribution >= 0.6 is 11.3 Å². The van der Waals surface area contributed by atoms with Gasteiger partial charge in [-0.25, -0.2) is 4.79 Å². The molecule has 9 nitrogen and oxygen atoms in total. The van der Waals surface area contributed by atoms with Crippen LogP contribution in [0, 0.1) is 10.1 Å². The number of carbonyl (C=O) groups is 1. The summed E-state index contributed by atoms with van der Waals surface area (Å²) in [5.74, 6) is -0.221. The Morgan fingerprint density at radius 2 is 2.29 bits per heavy atom. The van der Waals surface area contributed by atoms with Crippen molar-refractivity contribution in [1.82, 2.24) is 14.8 Å². The fraction of sp³-hybridized carbons (Fsp3) is 0.214. The van der Waals surface area contributed by atoms with E-state index in [2.05, 4.69) is 10.2 Å². The van der Waals surface area contributed by atoms with Gasteiger partial charge in [-0.3, -0.25) is 10.1 Å². The average molecular weight is 348 g/mol. The normalized spacial score (nSPS) is 12.1. The van der Waals surface area contributed by atoms with Crippen LogP contribution in [0.4, 0.5) is 5.69 Å². The molecule has 3 aromatic rings. The number of nitrogens with zero attached hydrogens (tertiary/aromatic N) is 4. The molecular weight excluding hydrogens is 336 g/mol. The fourth-order valence-electron chi connectivity index (χ4n) is 2.02. The Hall–Kier alpha value is -3.01. The molecule has 0 amide bonds. The molecule has 1 unspecified atom stereocenters. The van der Waals surface area contributed by atoms with Gasteiger partial charge in [0.15, 0.2) is 6.10 Å². The van der Waals surface area contributed by atoms with E-state index in [9.17, 15) is 14.9 Å². The lowest BCUT2D eigenvalue weighted by Gasteiger charge is -2.09. The van der Waals surface area contributed by atoms with Gasteiger partial charge in [-0.15, -0.1) is 21.5 Å². The SMILES string of the molecule is CC(OC(=O)c1cc([N+](=O)[O-])cn1C)c1nnc(-c2cccs2)o1. The lowest BCUT2D eigenvalue weighted by atomic mass is 10.3. The molecule has 0 aliphatic carbocycles. The van der Waals surface area contributed by atoms with E-state index >= 15 is 0 Å². The molecule has 0 aliphatic heterocycles. The highest BCUT2D eigenvalue weighted by molar-refractivity contribution is 7.13. The maximum atomic E-state index is 12.2. The van der Waals surface area contributed by atoms with Crippen molar-refractivity contribution >= 4 is 23.0 Å². The highest BCUT2D eigenvalue weighted by atomic mass is 32.1. The van der Waals surface area contributed by atoms with Crippen molar-refractivity contribution in [3.8, 4) is 10.8 Å². The predicted molar refractivity (Wildman–Crippen MR) is 83.5 cm³/mol. The van der Waals surface area contributed by atoms with Crippen LogP contribution < -0.4 is 0 Å². The highest BCUT2D eigenvalue weighted by Gasteiger charge is 2.24. The molecule has 3 aromatic heterocycles. The summed E-state index contributed by atoms with van der Waals surface area (Å²) in [7, 11) is 1.52. The Labute approximate surface area is 139 Å². The lowest BCUT2D eigenvalue weighted by Crippen LogP contribution is -2.12. The molecule has 10 heteroatoms. The van der Waals surface area contributed by atoms with E-state index in [0.717, 1.165) is 10.9 Å². The molecule has 24 heavy (non-hydrogen) atoms. The predicted octanol–water partition coefficient (Wildman–Crippen LogP) is 2.96. The molecule has 0 N–H and O–H groups in total. The first kappa shape index (κ1) is 15.9. The van der Waals surface area contributed by atoms with Gasteiger partial charge in [0, 0.05) is 13.1 Å². The topological polar surface area (TPSA) is 113 Å². The minimum Gasteiger partial charge on any atom is -0.448 e. The van der Waals surface area contributed by atoms with Gasteiger partial charge < -0.3 is 13.7 Å². The third-order valence-corrected chi connectivity index (χ3v) is 4.07. The summed E-state index contributed by atoms with van der Waals surface area (Å²) in [6.07, 6.45) is 0.454. The first-order chi connectivity index (χ1) is 11.5. The van der Waals surface area contributed by atoms with Crippen molar-refractivity contribution < 1.29 is 18.9 Å². The molecule has 3 heterocycles. The van der Waals surface area contributed by atoms with E-state index in [0.29, 0.717) is 5.89 Å². The van der Waals surface area contributed by atoms with Crippen LogP contribution in [0.25, 0.3) is 10.8 Å². The molecule has 0 fully saturated rings. The summed E-state index contributed by atoms with van der Waals surface area (Å²) in [4.78, 5) is 23.2. The number of nitro groups is 1. The Kier molecular flexibility index (Phi) is 4.13. The van der Waals surface area contributed by atoms with Gasteiger partial charge in [0.25, 0.3) is 17.5 Å². The van der Waals surface area contributed by atoms with Gasteiger partial charge in [0.1, 0.15) is 5.69 Å². The van der Waals surface area contributed by atoms with E-state index in [1.54, 1.807) is 6.92 Å². The maximum absolute atomic E-state index is 12.2. The molecule has 124 valence electrons. The number of thiophene rings is 1. The molecule has 0 saturated heterocycles. The van der Waals surface area contributed by atoms with Gasteiger partial charge in [-0.2, -0.15) is 0 Å². The fourth-order valence-corrected chi connectivity index (χ4v) is 2.66. The number of hydrogen-bond donors (Lipinski definition) is 0. The summed E-state index contributed by atoms with van der Waals surface area (Å²) in [6.45, 7) is 1.58. The highest BCUT2D eigenvalue weighted by Crippen LogP contribution is 2.26. The summed E-state index contributed by atoms with van der Waals surface area (Å²) in [5.41, 5.74) is -0.124. The number of ether oxygens (including phenoxy) is 1. The molecule has 1 atom stereocenters. The van der Waals surface area contributed by atoms with E-state index in [1.807, 2.05) is 17.5 Å². The van der Waals surface area contributed by atoms with Gasteiger partial charge in [0.05, 0.1) is 16.0 Å². The average Bonchev–Trinajstić information content (AvgIpc) is 3.26. The zero-order valence-electron chi connectivity index (χ0n) is 12.7. The van der Waals surface area contributed by atoms with E-state index < -0.39 is 17.0 Å². The number of aromatic nitrogens is 3. The van der Waals surface area contributed by atoms with Crippen molar-refractivity contribution in [3.05, 3.63) is 51.5 Å². The van der Waals surface area contributed by atoms with E-state index in [1.165, 1.54) is 29.1 Å². The Bertz CT molecular complexity index is 883. The van der Waals surface area contributed by atoms with Crippen LogP contribution in [0.15, 0.2) is 34.2 Å². The molecule has 0 spiro atoms. The standard InChI is InChI=1S/C14H12N4O5S/c1-8(12-15-16-13(23-12)11-4-3-5-24-11)22-14(19)10-6-9(18(20)21)7-17(10)2/h3-8H,1-2H3. The van der Waals surface area contributed by atoms with Crippen LogP contribution in [-0.2, 0) is 11.8 Å². The van der Waals surface area contributed by atoms with Crippen LogP contribution in [0.5, 0.6) is 0 Å². The second kappa shape index (κ2) is 6.24. The Morgan fingerprint density at radius 1 is 1.50 bits per heavy atom. The zero-order valence-corrected chi connectivity index (χ0v) is 13.5. The molecule has 0 saturated carbocycles. The number of carbonyl (C=O) groups excluding carboxylic acids is 1. The first-order valence-corrected chi connectivity index (χ1v) is 7.72. The summed E-state index contributed by atoms with van der Waals surface area (Å²) in [6, 6.07) is 4.84. The number of hydrogen-bond acceptors (Lipinski definition) is 8. The molecule has 3 rings (SSSR count). The molecule has 0 radical (unpaired) electrons. The maximum Gasteiger partial charge on any atom is 0.355 e. The van der Waals surface area contributed by atoms with Crippen molar-refractivity contribution in [2.45, 2.75) is 13.0 Å². The smallest absolute Gasteiger partial charge is 0.355 e. The molecule has 0 aliphatic rings. The van der Waals surface area contributed by atoms with Gasteiger partial charge in [0.2, 0.25) is 0 Å². The largest absolute Gasteiger partial charge is 0.448 e. The number of rotatable bonds is 5. The van der Waals surface area contributed by atoms with Gasteiger partial charge in [-0.05, 0) is 18.4 Å².